The van der Waals surface area contributed by atoms with Crippen LogP contribution in [0, 0.1) is 0 Å². The Morgan fingerprint density at radius 2 is 1.47 bits per heavy atom. The highest BCUT2D eigenvalue weighted by Gasteiger charge is 2.14. The molecule has 2 N–H and O–H groups in total. The summed E-state index contributed by atoms with van der Waals surface area (Å²) in [4.78, 5) is 28.0. The minimum atomic E-state index is -0.250. The number of hydrogen-bond acceptors (Lipinski definition) is 5. The van der Waals surface area contributed by atoms with Crippen LogP contribution in [0.3, 0.4) is 0 Å². The summed E-state index contributed by atoms with van der Waals surface area (Å²) < 4.78 is 5.84. The summed E-state index contributed by atoms with van der Waals surface area (Å²) >= 11 is 5.03. The average Bonchev–Trinajstić information content (AvgIpc) is 2.86. The van der Waals surface area contributed by atoms with Crippen LogP contribution in [0.1, 0.15) is 85.9 Å². The van der Waals surface area contributed by atoms with Crippen molar-refractivity contribution in [1.29, 1.82) is 0 Å². The van der Waals surface area contributed by atoms with Gasteiger partial charge >= 0.3 is 0 Å². The lowest BCUT2D eigenvalue weighted by Gasteiger charge is -2.19. The number of benzene rings is 2. The van der Waals surface area contributed by atoms with Gasteiger partial charge in [0.1, 0.15) is 5.75 Å². The van der Waals surface area contributed by atoms with Gasteiger partial charge in [0.2, 0.25) is 0 Å². The second kappa shape index (κ2) is 15.9. The monoisotopic (exact) mass is 511 g/mol. The summed E-state index contributed by atoms with van der Waals surface area (Å²) in [6.07, 6.45) is 10.1. The lowest BCUT2D eigenvalue weighted by atomic mass is 10.1. The van der Waals surface area contributed by atoms with Gasteiger partial charge < -0.3 is 20.3 Å². The molecule has 0 saturated heterocycles. The third-order valence-electron chi connectivity index (χ3n) is 5.87. The fourth-order valence-corrected chi connectivity index (χ4v) is 3.87. The third kappa shape index (κ3) is 10.4. The summed E-state index contributed by atoms with van der Waals surface area (Å²) in [5, 5.41) is 5.73. The molecule has 0 aliphatic carbocycles. The van der Waals surface area contributed by atoms with Gasteiger partial charge in [-0.3, -0.25) is 9.59 Å². The van der Waals surface area contributed by atoms with E-state index in [0.717, 1.165) is 17.9 Å². The number of nitrogens with one attached hydrogen (secondary N) is 2. The van der Waals surface area contributed by atoms with E-state index in [1.165, 1.54) is 44.9 Å². The molecule has 0 heterocycles. The first kappa shape index (κ1) is 29.3. The number of hydrogen-bond donors (Lipinski definition) is 2. The summed E-state index contributed by atoms with van der Waals surface area (Å²) in [6, 6.07) is 12.4. The number of ether oxygens (including phenoxy) is 1. The molecule has 0 unspecified atom stereocenters. The molecule has 2 rings (SSSR count). The fourth-order valence-electron chi connectivity index (χ4n) is 3.80. The molecule has 2 aromatic rings. The van der Waals surface area contributed by atoms with E-state index < -0.39 is 0 Å². The molecule has 0 saturated carbocycles. The fraction of sp³-hybridized carbons (Fsp3) is 0.483. The van der Waals surface area contributed by atoms with Gasteiger partial charge in [0, 0.05) is 36.6 Å². The first-order valence-corrected chi connectivity index (χ1v) is 13.4. The van der Waals surface area contributed by atoms with E-state index in [0.29, 0.717) is 34.8 Å². The van der Waals surface area contributed by atoms with Gasteiger partial charge in [-0.25, -0.2) is 0 Å². The molecule has 6 nitrogen and oxygen atoms in total. The van der Waals surface area contributed by atoms with Gasteiger partial charge in [-0.05, 0) is 55.8 Å². The molecule has 2 amide bonds. The van der Waals surface area contributed by atoms with Crippen molar-refractivity contribution in [3.8, 4) is 5.75 Å². The first-order valence-electron chi connectivity index (χ1n) is 12.9. The van der Waals surface area contributed by atoms with E-state index >= 15 is 0 Å². The van der Waals surface area contributed by atoms with E-state index in [1.54, 1.807) is 31.2 Å². The molecule has 0 atom stereocenters. The molecule has 2 aromatic carbocycles. The number of rotatable bonds is 16. The van der Waals surface area contributed by atoms with E-state index in [-0.39, 0.29) is 11.8 Å². The summed E-state index contributed by atoms with van der Waals surface area (Å²) in [6.45, 7) is 5.04. The van der Waals surface area contributed by atoms with Crippen LogP contribution in [0.25, 0.3) is 0 Å². The van der Waals surface area contributed by atoms with Crippen molar-refractivity contribution < 1.29 is 14.3 Å². The standard InChI is InChI=1S/C29H41N3O3S/c1-5-6-7-8-9-10-11-12-19-35-25-16-13-23(14-17-25)29(34)31-26-20-24(15-18-27(26)32(3)4)28(33)30-21-22(2)36/h13-18,20H,5-12,19,21H2,1-4H3,(H,30,33)(H,31,34). The Hall–Kier alpha value is -2.93. The summed E-state index contributed by atoms with van der Waals surface area (Å²) in [7, 11) is 3.78. The predicted octanol–water partition coefficient (Wildman–Crippen LogP) is 6.64. The van der Waals surface area contributed by atoms with Crippen LogP contribution in [-0.4, -0.2) is 43.9 Å². The Morgan fingerprint density at radius 3 is 2.08 bits per heavy atom. The maximum Gasteiger partial charge on any atom is 0.255 e. The average molecular weight is 512 g/mol. The Kier molecular flexibility index (Phi) is 13.0. The molecule has 196 valence electrons. The van der Waals surface area contributed by atoms with Crippen molar-refractivity contribution in [2.75, 3.05) is 37.5 Å². The molecular formula is C29H41N3O3S. The molecular weight excluding hydrogens is 470 g/mol. The molecule has 0 radical (unpaired) electrons. The number of unbranched alkanes of at least 4 members (excludes halogenated alkanes) is 7. The van der Waals surface area contributed by atoms with Gasteiger partial charge in [0.25, 0.3) is 11.8 Å². The lowest BCUT2D eigenvalue weighted by molar-refractivity contribution is 0.0958. The van der Waals surface area contributed by atoms with Gasteiger partial charge in [-0.2, -0.15) is 0 Å². The highest BCUT2D eigenvalue weighted by Crippen LogP contribution is 2.26. The number of anilines is 2. The SMILES string of the molecule is CCCCCCCCCCOc1ccc(C(=O)Nc2cc(C(=O)NCC(C)=S)ccc2N(C)C)cc1. The van der Waals surface area contributed by atoms with Crippen LogP contribution < -0.4 is 20.3 Å². The Morgan fingerprint density at radius 1 is 0.861 bits per heavy atom. The van der Waals surface area contributed by atoms with Crippen LogP contribution in [0.4, 0.5) is 11.4 Å². The highest BCUT2D eigenvalue weighted by molar-refractivity contribution is 7.80. The molecule has 0 fully saturated rings. The van der Waals surface area contributed by atoms with Crippen molar-refractivity contribution in [3.05, 3.63) is 53.6 Å². The predicted molar refractivity (Wildman–Crippen MR) is 154 cm³/mol. The maximum atomic E-state index is 12.9. The van der Waals surface area contributed by atoms with Crippen LogP contribution in [-0.2, 0) is 0 Å². The van der Waals surface area contributed by atoms with Crippen molar-refractivity contribution in [2.45, 2.75) is 65.2 Å². The number of nitrogens with zero attached hydrogens (tertiary/aromatic N) is 1. The van der Waals surface area contributed by atoms with E-state index in [4.69, 9.17) is 17.0 Å². The Balaban J connectivity index is 1.90. The van der Waals surface area contributed by atoms with Crippen molar-refractivity contribution in [1.82, 2.24) is 5.32 Å². The molecule has 7 heteroatoms. The molecule has 0 spiro atoms. The van der Waals surface area contributed by atoms with Crippen LogP contribution in [0.15, 0.2) is 42.5 Å². The van der Waals surface area contributed by atoms with E-state index in [9.17, 15) is 9.59 Å². The van der Waals surface area contributed by atoms with Gasteiger partial charge in [-0.15, -0.1) is 0 Å². The number of carbonyl (C=O) groups excluding carboxylic acids is 2. The Labute approximate surface area is 221 Å². The molecule has 0 aliphatic rings. The Bertz CT molecular complexity index is 990. The minimum absolute atomic E-state index is 0.238. The van der Waals surface area contributed by atoms with Gasteiger partial charge in [0.15, 0.2) is 0 Å². The minimum Gasteiger partial charge on any atom is -0.494 e. The van der Waals surface area contributed by atoms with Gasteiger partial charge in [-0.1, -0.05) is 64.1 Å². The second-order valence-corrected chi connectivity index (χ2v) is 10.0. The van der Waals surface area contributed by atoms with Crippen molar-refractivity contribution in [3.63, 3.8) is 0 Å². The van der Waals surface area contributed by atoms with Gasteiger partial charge in [0.05, 0.1) is 18.0 Å². The van der Waals surface area contributed by atoms with Crippen molar-refractivity contribution >= 4 is 40.3 Å². The summed E-state index contributed by atoms with van der Waals surface area (Å²) in [5.74, 6) is 0.272. The normalized spacial score (nSPS) is 10.6. The van der Waals surface area contributed by atoms with Crippen molar-refractivity contribution in [2.24, 2.45) is 0 Å². The molecule has 0 bridgehead atoms. The smallest absolute Gasteiger partial charge is 0.255 e. The van der Waals surface area contributed by atoms with Crippen LogP contribution >= 0.6 is 12.2 Å². The topological polar surface area (TPSA) is 70.7 Å². The van der Waals surface area contributed by atoms with Crippen LogP contribution in [0.5, 0.6) is 5.75 Å². The highest BCUT2D eigenvalue weighted by atomic mass is 32.1. The number of thiocarbonyl (C=S) groups is 1. The zero-order valence-corrected chi connectivity index (χ0v) is 23.0. The molecule has 36 heavy (non-hydrogen) atoms. The zero-order chi connectivity index (χ0) is 26.3. The first-order chi connectivity index (χ1) is 17.3. The largest absolute Gasteiger partial charge is 0.494 e. The van der Waals surface area contributed by atoms with E-state index in [2.05, 4.69) is 17.6 Å². The third-order valence-corrected chi connectivity index (χ3v) is 6.01. The quantitative estimate of drug-likeness (QED) is 0.195. The van der Waals surface area contributed by atoms with E-state index in [1.807, 2.05) is 37.2 Å². The number of amides is 2. The molecule has 0 aliphatic heterocycles. The second-order valence-electron chi connectivity index (χ2n) is 9.31. The maximum absolute atomic E-state index is 12.9. The number of carbonyl (C=O) groups is 2. The lowest BCUT2D eigenvalue weighted by Crippen LogP contribution is -2.28. The van der Waals surface area contributed by atoms with Crippen LogP contribution in [0.2, 0.25) is 0 Å². The summed E-state index contributed by atoms with van der Waals surface area (Å²) in [5.41, 5.74) is 2.34. The molecule has 0 aromatic heterocycles. The zero-order valence-electron chi connectivity index (χ0n) is 22.2.